The van der Waals surface area contributed by atoms with E-state index in [4.69, 9.17) is 15.4 Å². The molecule has 0 heterocycles. The molecule has 0 aromatic heterocycles. The molecule has 0 bridgehead atoms. The van der Waals surface area contributed by atoms with E-state index in [2.05, 4.69) is 4.74 Å². The van der Waals surface area contributed by atoms with Crippen LogP contribution in [0.15, 0.2) is 18.2 Å². The average Bonchev–Trinajstić information content (AvgIpc) is 2.25. The number of esters is 1. The average molecular weight is 279 g/mol. The number of ether oxygens (including phenoxy) is 2. The first-order chi connectivity index (χ1) is 7.87. The molecule has 0 fully saturated rings. The van der Waals surface area contributed by atoms with E-state index in [1.165, 1.54) is 32.4 Å². The van der Waals surface area contributed by atoms with Crippen LogP contribution >= 0.6 is 10.7 Å². The number of halogens is 1. The van der Waals surface area contributed by atoms with Crippen LogP contribution in [-0.2, 0) is 19.5 Å². The molecule has 0 unspecified atom stereocenters. The molecule has 5 nitrogen and oxygen atoms in total. The molecular weight excluding hydrogens is 268 g/mol. The fraction of sp³-hybridized carbons (Fsp3) is 0.300. The third kappa shape index (κ3) is 3.90. The highest BCUT2D eigenvalue weighted by molar-refractivity contribution is 8.13. The molecule has 0 saturated heterocycles. The lowest BCUT2D eigenvalue weighted by Gasteiger charge is -2.08. The summed E-state index contributed by atoms with van der Waals surface area (Å²) >= 11 is 0. The van der Waals surface area contributed by atoms with Gasteiger partial charge in [-0.1, -0.05) is 6.07 Å². The highest BCUT2D eigenvalue weighted by Gasteiger charge is 2.15. The van der Waals surface area contributed by atoms with Crippen molar-refractivity contribution < 1.29 is 22.7 Å². The largest absolute Gasteiger partial charge is 0.496 e. The lowest BCUT2D eigenvalue weighted by molar-refractivity contribution is 0.0597. The first kappa shape index (κ1) is 13.8. The third-order valence-electron chi connectivity index (χ3n) is 2.01. The van der Waals surface area contributed by atoms with Crippen LogP contribution < -0.4 is 4.74 Å². The fourth-order valence-corrected chi connectivity index (χ4v) is 2.26. The van der Waals surface area contributed by atoms with E-state index in [0.717, 1.165) is 0 Å². The van der Waals surface area contributed by atoms with Gasteiger partial charge in [-0.15, -0.1) is 0 Å². The summed E-state index contributed by atoms with van der Waals surface area (Å²) < 4.78 is 31.4. The van der Waals surface area contributed by atoms with Crippen molar-refractivity contribution in [1.29, 1.82) is 0 Å². The first-order valence-corrected chi connectivity index (χ1v) is 7.03. The standard InChI is InChI=1S/C10H11ClO5S/c1-15-9-5-7(6-17(11,13)14)3-4-8(9)10(12)16-2/h3-5H,6H2,1-2H3. The number of carbonyl (C=O) groups excluding carboxylic acids is 1. The molecule has 17 heavy (non-hydrogen) atoms. The lowest BCUT2D eigenvalue weighted by Crippen LogP contribution is -2.05. The van der Waals surface area contributed by atoms with Gasteiger partial charge in [0, 0.05) is 10.7 Å². The van der Waals surface area contributed by atoms with Crippen molar-refractivity contribution >= 4 is 25.7 Å². The topological polar surface area (TPSA) is 69.7 Å². The van der Waals surface area contributed by atoms with Gasteiger partial charge in [-0.2, -0.15) is 0 Å². The molecule has 0 N–H and O–H groups in total. The van der Waals surface area contributed by atoms with Crippen molar-refractivity contribution in [3.63, 3.8) is 0 Å². The Balaban J connectivity index is 3.13. The fourth-order valence-electron chi connectivity index (χ4n) is 1.30. The molecule has 0 saturated carbocycles. The molecule has 0 aliphatic rings. The van der Waals surface area contributed by atoms with Crippen molar-refractivity contribution in [1.82, 2.24) is 0 Å². The van der Waals surface area contributed by atoms with Crippen LogP contribution in [-0.4, -0.2) is 28.6 Å². The van der Waals surface area contributed by atoms with Crippen molar-refractivity contribution in [3.05, 3.63) is 29.3 Å². The van der Waals surface area contributed by atoms with Gasteiger partial charge in [-0.05, 0) is 17.7 Å². The Bertz CT molecular complexity index is 523. The number of hydrogen-bond donors (Lipinski definition) is 0. The van der Waals surface area contributed by atoms with Crippen LogP contribution in [0, 0.1) is 0 Å². The molecule has 0 spiro atoms. The van der Waals surface area contributed by atoms with E-state index in [0.29, 0.717) is 5.56 Å². The zero-order valence-corrected chi connectivity index (χ0v) is 10.8. The number of benzene rings is 1. The maximum atomic E-state index is 11.3. The monoisotopic (exact) mass is 278 g/mol. The van der Waals surface area contributed by atoms with Gasteiger partial charge < -0.3 is 9.47 Å². The minimum atomic E-state index is -3.64. The zero-order valence-electron chi connectivity index (χ0n) is 9.27. The molecule has 94 valence electrons. The van der Waals surface area contributed by atoms with Crippen molar-refractivity contribution in [2.24, 2.45) is 0 Å². The second-order valence-corrected chi connectivity index (χ2v) is 5.99. The van der Waals surface area contributed by atoms with Gasteiger partial charge >= 0.3 is 5.97 Å². The van der Waals surface area contributed by atoms with Crippen LogP contribution in [0.2, 0.25) is 0 Å². The van der Waals surface area contributed by atoms with Crippen molar-refractivity contribution in [2.75, 3.05) is 14.2 Å². The maximum Gasteiger partial charge on any atom is 0.341 e. The van der Waals surface area contributed by atoms with E-state index < -0.39 is 15.0 Å². The van der Waals surface area contributed by atoms with Gasteiger partial charge in [0.05, 0.1) is 20.0 Å². The van der Waals surface area contributed by atoms with E-state index >= 15 is 0 Å². The molecule has 0 radical (unpaired) electrons. The van der Waals surface area contributed by atoms with Crippen LogP contribution in [0.5, 0.6) is 5.75 Å². The zero-order chi connectivity index (χ0) is 13.1. The predicted molar refractivity (Wildman–Crippen MR) is 62.8 cm³/mol. The maximum absolute atomic E-state index is 11.3. The van der Waals surface area contributed by atoms with Crippen molar-refractivity contribution in [3.8, 4) is 5.75 Å². The van der Waals surface area contributed by atoms with Gasteiger partial charge in [0.1, 0.15) is 11.3 Å². The summed E-state index contributed by atoms with van der Waals surface area (Å²) in [5.41, 5.74) is 0.662. The second-order valence-electron chi connectivity index (χ2n) is 3.21. The molecule has 0 aliphatic heterocycles. The summed E-state index contributed by atoms with van der Waals surface area (Å²) in [7, 11) is 4.12. The van der Waals surface area contributed by atoms with E-state index in [1.54, 1.807) is 0 Å². The Kier molecular flexibility index (Phi) is 4.36. The molecule has 0 atom stereocenters. The summed E-state index contributed by atoms with van der Waals surface area (Å²) in [4.78, 5) is 11.3. The molecule has 7 heteroatoms. The number of carbonyl (C=O) groups is 1. The van der Waals surface area contributed by atoms with Crippen LogP contribution in [0.1, 0.15) is 15.9 Å². The quantitative estimate of drug-likeness (QED) is 0.617. The lowest BCUT2D eigenvalue weighted by atomic mass is 10.1. The summed E-state index contributed by atoms with van der Waals surface area (Å²) in [5, 5.41) is 0. The minimum absolute atomic E-state index is 0.228. The van der Waals surface area contributed by atoms with Crippen LogP contribution in [0.3, 0.4) is 0 Å². The van der Waals surface area contributed by atoms with Gasteiger partial charge in [0.15, 0.2) is 0 Å². The van der Waals surface area contributed by atoms with E-state index in [1.807, 2.05) is 0 Å². The highest BCUT2D eigenvalue weighted by atomic mass is 35.7. The smallest absolute Gasteiger partial charge is 0.341 e. The number of hydrogen-bond acceptors (Lipinski definition) is 5. The molecule has 1 aromatic carbocycles. The Morgan fingerprint density at radius 2 is 2.00 bits per heavy atom. The van der Waals surface area contributed by atoms with Crippen LogP contribution in [0.25, 0.3) is 0 Å². The van der Waals surface area contributed by atoms with Gasteiger partial charge in [0.2, 0.25) is 9.05 Å². The Morgan fingerprint density at radius 3 is 2.47 bits per heavy atom. The van der Waals surface area contributed by atoms with E-state index in [9.17, 15) is 13.2 Å². The van der Waals surface area contributed by atoms with Crippen molar-refractivity contribution in [2.45, 2.75) is 5.75 Å². The summed E-state index contributed by atoms with van der Waals surface area (Å²) in [5.74, 6) is -0.636. The SMILES string of the molecule is COC(=O)c1ccc(CS(=O)(=O)Cl)cc1OC. The highest BCUT2D eigenvalue weighted by Crippen LogP contribution is 2.22. The molecule has 1 rings (SSSR count). The molecule has 0 aliphatic carbocycles. The second kappa shape index (κ2) is 5.37. The number of methoxy groups -OCH3 is 2. The minimum Gasteiger partial charge on any atom is -0.496 e. The normalized spacial score (nSPS) is 11.0. The Hall–Kier alpha value is -1.27. The summed E-state index contributed by atoms with van der Waals surface area (Å²) in [6, 6.07) is 4.35. The van der Waals surface area contributed by atoms with Gasteiger partial charge in [-0.3, -0.25) is 0 Å². The summed E-state index contributed by atoms with van der Waals surface area (Å²) in [6.07, 6.45) is 0. The third-order valence-corrected chi connectivity index (χ3v) is 3.02. The first-order valence-electron chi connectivity index (χ1n) is 4.55. The van der Waals surface area contributed by atoms with Crippen LogP contribution in [0.4, 0.5) is 0 Å². The van der Waals surface area contributed by atoms with Gasteiger partial charge in [0.25, 0.3) is 0 Å². The molecule has 0 amide bonds. The van der Waals surface area contributed by atoms with Gasteiger partial charge in [-0.25, -0.2) is 13.2 Å². The Morgan fingerprint density at radius 1 is 1.35 bits per heavy atom. The number of rotatable bonds is 4. The van der Waals surface area contributed by atoms with E-state index in [-0.39, 0.29) is 17.1 Å². The predicted octanol–water partition coefficient (Wildman–Crippen LogP) is 1.55. The molecule has 1 aromatic rings. The Labute approximate surface area is 104 Å². The summed E-state index contributed by atoms with van der Waals surface area (Å²) in [6.45, 7) is 0. The molecular formula is C10H11ClO5S.